The van der Waals surface area contributed by atoms with E-state index in [1.165, 1.54) is 6.42 Å². The molecule has 0 unspecified atom stereocenters. The summed E-state index contributed by atoms with van der Waals surface area (Å²) >= 11 is 0. The van der Waals surface area contributed by atoms with Gasteiger partial charge in [0, 0.05) is 11.1 Å². The minimum absolute atomic E-state index is 0.00354. The van der Waals surface area contributed by atoms with Gasteiger partial charge in [-0.1, -0.05) is 27.7 Å². The molecular weight excluding hydrogens is 366 g/mol. The molecule has 2 rings (SSSR count). The van der Waals surface area contributed by atoms with Gasteiger partial charge in [-0.3, -0.25) is 9.79 Å². The van der Waals surface area contributed by atoms with E-state index in [2.05, 4.69) is 20.8 Å². The van der Waals surface area contributed by atoms with Gasteiger partial charge in [0.1, 0.15) is 11.2 Å². The van der Waals surface area contributed by atoms with E-state index in [-0.39, 0.29) is 35.1 Å². The second-order valence-electron chi connectivity index (χ2n) is 11.8. The Bertz CT molecular complexity index is 680. The van der Waals surface area contributed by atoms with Gasteiger partial charge in [-0.05, 0) is 78.1 Å². The Kier molecular flexibility index (Phi) is 6.34. The first-order valence-corrected chi connectivity index (χ1v) is 11.0. The highest BCUT2D eigenvalue weighted by Crippen LogP contribution is 2.64. The molecular formula is C24H41NO4. The van der Waals surface area contributed by atoms with Crippen LogP contribution in [0.2, 0.25) is 0 Å². The molecule has 5 nitrogen and oxygen atoms in total. The van der Waals surface area contributed by atoms with Crippen LogP contribution in [0.4, 0.5) is 0 Å². The third-order valence-corrected chi connectivity index (χ3v) is 6.90. The second kappa shape index (κ2) is 7.70. The Hall–Kier alpha value is -1.39. The summed E-state index contributed by atoms with van der Waals surface area (Å²) in [6, 6.07) is -0.691. The molecule has 0 heterocycles. The molecule has 0 spiro atoms. The van der Waals surface area contributed by atoms with Crippen LogP contribution in [0.25, 0.3) is 0 Å². The van der Waals surface area contributed by atoms with E-state index < -0.39 is 17.2 Å². The van der Waals surface area contributed by atoms with Gasteiger partial charge in [0.15, 0.2) is 6.04 Å². The van der Waals surface area contributed by atoms with Crippen LogP contribution < -0.4 is 0 Å². The third-order valence-electron chi connectivity index (χ3n) is 6.90. The lowest BCUT2D eigenvalue weighted by Gasteiger charge is -2.35. The van der Waals surface area contributed by atoms with Crippen molar-refractivity contribution >= 4 is 17.7 Å². The number of fused-ring (bicyclic) bond motifs is 2. The molecule has 0 N–H and O–H groups in total. The van der Waals surface area contributed by atoms with E-state index in [0.717, 1.165) is 18.6 Å². The Morgan fingerprint density at radius 1 is 1.07 bits per heavy atom. The number of hydrogen-bond donors (Lipinski definition) is 0. The maximum atomic E-state index is 13.0. The summed E-state index contributed by atoms with van der Waals surface area (Å²) in [5.41, 5.74) is 0.152. The molecule has 0 aromatic heterocycles. The van der Waals surface area contributed by atoms with Gasteiger partial charge < -0.3 is 9.47 Å². The number of hydrogen-bond acceptors (Lipinski definition) is 5. The predicted molar refractivity (Wildman–Crippen MR) is 116 cm³/mol. The minimum Gasteiger partial charge on any atom is -0.460 e. The number of rotatable bonds is 5. The lowest BCUT2D eigenvalue weighted by molar-refractivity contribution is -0.159. The predicted octanol–water partition coefficient (Wildman–Crippen LogP) is 5.35. The molecule has 29 heavy (non-hydrogen) atoms. The fraction of sp³-hybridized carbons (Fsp3) is 0.875. The van der Waals surface area contributed by atoms with Crippen molar-refractivity contribution in [1.29, 1.82) is 0 Å². The van der Waals surface area contributed by atoms with Crippen LogP contribution in [0.1, 0.15) is 94.9 Å². The lowest BCUT2D eigenvalue weighted by atomic mass is 9.70. The zero-order valence-electron chi connectivity index (χ0n) is 20.1. The SMILES string of the molecule is C[C@H](CC(=O)OC(C)(C)C)[C@@H](N=C1C[C@H]2CC[C@]1(C)C2(C)C)C(=O)OC(C)(C)C. The van der Waals surface area contributed by atoms with Crippen molar-refractivity contribution in [3.63, 3.8) is 0 Å². The molecule has 0 amide bonds. The normalized spacial score (nSPS) is 29.6. The van der Waals surface area contributed by atoms with Crippen molar-refractivity contribution in [3.8, 4) is 0 Å². The second-order valence-corrected chi connectivity index (χ2v) is 11.8. The highest BCUT2D eigenvalue weighted by molar-refractivity contribution is 5.96. The van der Waals surface area contributed by atoms with Crippen LogP contribution in [0, 0.1) is 22.7 Å². The van der Waals surface area contributed by atoms with E-state index in [1.54, 1.807) is 0 Å². The Morgan fingerprint density at radius 3 is 2.03 bits per heavy atom. The molecule has 2 aliphatic rings. The van der Waals surface area contributed by atoms with E-state index in [9.17, 15) is 9.59 Å². The van der Waals surface area contributed by atoms with Crippen molar-refractivity contribution in [3.05, 3.63) is 0 Å². The molecule has 2 aliphatic carbocycles. The standard InChI is InChI=1S/C24H41NO4/c1-15(13-18(26)28-21(2,3)4)19(20(27)29-22(5,6)7)25-17-14-16-11-12-24(17,10)23(16,8)9/h15-16,19H,11-14H2,1-10H3/t15-,16-,19-,24+/m1/s1. The van der Waals surface area contributed by atoms with Crippen LogP contribution in [0.15, 0.2) is 4.99 Å². The van der Waals surface area contributed by atoms with Gasteiger partial charge in [-0.25, -0.2) is 4.79 Å². The quantitative estimate of drug-likeness (QED) is 0.576. The number of aliphatic imine (C=N–C) groups is 1. The first kappa shape index (κ1) is 23.9. The number of carbonyl (C=O) groups excluding carboxylic acids is 2. The van der Waals surface area contributed by atoms with Crippen molar-refractivity contribution < 1.29 is 19.1 Å². The largest absolute Gasteiger partial charge is 0.460 e. The van der Waals surface area contributed by atoms with Crippen LogP contribution in [-0.4, -0.2) is 34.9 Å². The van der Waals surface area contributed by atoms with Gasteiger partial charge in [-0.2, -0.15) is 0 Å². The fourth-order valence-electron chi connectivity index (χ4n) is 4.82. The summed E-state index contributed by atoms with van der Waals surface area (Å²) in [6.45, 7) is 19.9. The van der Waals surface area contributed by atoms with Gasteiger partial charge in [0.2, 0.25) is 0 Å². The molecule has 166 valence electrons. The minimum atomic E-state index is -0.691. The van der Waals surface area contributed by atoms with E-state index in [4.69, 9.17) is 14.5 Å². The smallest absolute Gasteiger partial charge is 0.331 e. The van der Waals surface area contributed by atoms with E-state index in [0.29, 0.717) is 5.92 Å². The molecule has 2 bridgehead atoms. The number of carbonyl (C=O) groups is 2. The number of esters is 2. The topological polar surface area (TPSA) is 65.0 Å². The number of nitrogens with zero attached hydrogens (tertiary/aromatic N) is 1. The Balaban J connectivity index is 2.29. The molecule has 4 atom stereocenters. The average Bonchev–Trinajstić information content (AvgIpc) is 2.81. The molecule has 2 fully saturated rings. The summed E-state index contributed by atoms with van der Waals surface area (Å²) in [7, 11) is 0. The first-order valence-electron chi connectivity index (χ1n) is 11.0. The monoisotopic (exact) mass is 407 g/mol. The number of ether oxygens (including phenoxy) is 2. The summed E-state index contributed by atoms with van der Waals surface area (Å²) in [4.78, 5) is 30.4. The summed E-state index contributed by atoms with van der Waals surface area (Å²) in [6.07, 6.45) is 3.39. The zero-order chi connectivity index (χ0) is 22.4. The van der Waals surface area contributed by atoms with Crippen molar-refractivity contribution in [2.24, 2.45) is 27.7 Å². The van der Waals surface area contributed by atoms with E-state index >= 15 is 0 Å². The van der Waals surface area contributed by atoms with Crippen LogP contribution >= 0.6 is 0 Å². The third kappa shape index (κ3) is 5.21. The van der Waals surface area contributed by atoms with Gasteiger partial charge >= 0.3 is 11.9 Å². The highest BCUT2D eigenvalue weighted by Gasteiger charge is 2.60. The molecule has 0 saturated heterocycles. The van der Waals surface area contributed by atoms with Crippen LogP contribution in [0.5, 0.6) is 0 Å². The first-order chi connectivity index (χ1) is 13.0. The van der Waals surface area contributed by atoms with Gasteiger partial charge in [-0.15, -0.1) is 0 Å². The summed E-state index contributed by atoms with van der Waals surface area (Å²) in [5, 5.41) is 0. The lowest BCUT2D eigenvalue weighted by Crippen LogP contribution is -2.39. The Morgan fingerprint density at radius 2 is 1.62 bits per heavy atom. The highest BCUT2D eigenvalue weighted by atomic mass is 16.6. The molecule has 5 heteroatoms. The maximum absolute atomic E-state index is 13.0. The fourth-order valence-corrected chi connectivity index (χ4v) is 4.82. The summed E-state index contributed by atoms with van der Waals surface area (Å²) in [5.74, 6) is -0.354. The molecule has 0 radical (unpaired) electrons. The molecule has 2 saturated carbocycles. The van der Waals surface area contributed by atoms with Gasteiger partial charge in [0.25, 0.3) is 0 Å². The molecule has 0 aromatic carbocycles. The van der Waals surface area contributed by atoms with E-state index in [1.807, 2.05) is 48.5 Å². The molecule has 0 aliphatic heterocycles. The summed E-state index contributed by atoms with van der Waals surface area (Å²) < 4.78 is 11.2. The van der Waals surface area contributed by atoms with Gasteiger partial charge in [0.05, 0.1) is 6.42 Å². The Labute approximate surface area is 177 Å². The average molecular weight is 408 g/mol. The van der Waals surface area contributed by atoms with Crippen LogP contribution in [0.3, 0.4) is 0 Å². The zero-order valence-corrected chi connectivity index (χ0v) is 20.1. The van der Waals surface area contributed by atoms with Crippen molar-refractivity contribution in [2.45, 2.75) is 112 Å². The van der Waals surface area contributed by atoms with Crippen molar-refractivity contribution in [2.75, 3.05) is 0 Å². The van der Waals surface area contributed by atoms with Crippen molar-refractivity contribution in [1.82, 2.24) is 0 Å². The molecule has 0 aromatic rings. The van der Waals surface area contributed by atoms with Crippen LogP contribution in [-0.2, 0) is 19.1 Å². The maximum Gasteiger partial charge on any atom is 0.331 e.